The Hall–Kier alpha value is -2.54. The van der Waals surface area contributed by atoms with Gasteiger partial charge < -0.3 is 14.5 Å². The van der Waals surface area contributed by atoms with Crippen molar-refractivity contribution < 1.29 is 9.53 Å². The van der Waals surface area contributed by atoms with E-state index < -0.39 is 0 Å². The van der Waals surface area contributed by atoms with Crippen molar-refractivity contribution in [2.24, 2.45) is 0 Å². The quantitative estimate of drug-likeness (QED) is 0.527. The minimum absolute atomic E-state index is 0.0172. The lowest BCUT2D eigenvalue weighted by Gasteiger charge is -2.35. The van der Waals surface area contributed by atoms with Gasteiger partial charge in [0.05, 0.1) is 10.7 Å². The molecule has 4 rings (SSSR count). The predicted octanol–water partition coefficient (Wildman–Crippen LogP) is 4.83. The van der Waals surface area contributed by atoms with Gasteiger partial charge in [-0.3, -0.25) is 4.79 Å². The zero-order chi connectivity index (χ0) is 21.8. The molecule has 1 saturated heterocycles. The second-order valence-corrected chi connectivity index (χ2v) is 8.29. The number of carbonyl (C=O) groups excluding carboxylic acids is 1. The third-order valence-corrected chi connectivity index (χ3v) is 5.76. The van der Waals surface area contributed by atoms with Crippen LogP contribution < -0.4 is 9.64 Å². The Labute approximate surface area is 195 Å². The first-order valence-electron chi connectivity index (χ1n) is 9.70. The standard InChI is InChI=1S/C22H19Cl3N4O2/c23-15-2-1-3-17(12-15)31-14-22(30)29-10-8-28(9-11-29)21-7-6-20(26-27-21)18-5-4-16(24)13-19(18)25/h1-7,12-13H,8-11,14H2. The highest BCUT2D eigenvalue weighted by Crippen LogP contribution is 2.29. The van der Waals surface area contributed by atoms with Crippen molar-refractivity contribution in [3.8, 4) is 17.0 Å². The fourth-order valence-corrected chi connectivity index (χ4v) is 4.00. The van der Waals surface area contributed by atoms with Gasteiger partial charge >= 0.3 is 0 Å². The first-order valence-corrected chi connectivity index (χ1v) is 10.8. The first kappa shape index (κ1) is 21.7. The van der Waals surface area contributed by atoms with Crippen LogP contribution in [0.3, 0.4) is 0 Å². The predicted molar refractivity (Wildman–Crippen MR) is 123 cm³/mol. The van der Waals surface area contributed by atoms with Crippen molar-refractivity contribution in [3.63, 3.8) is 0 Å². The lowest BCUT2D eigenvalue weighted by Crippen LogP contribution is -2.50. The lowest BCUT2D eigenvalue weighted by atomic mass is 10.1. The summed E-state index contributed by atoms with van der Waals surface area (Å²) < 4.78 is 5.55. The molecule has 2 heterocycles. The summed E-state index contributed by atoms with van der Waals surface area (Å²) in [5.41, 5.74) is 1.46. The van der Waals surface area contributed by atoms with Crippen molar-refractivity contribution in [2.75, 3.05) is 37.7 Å². The van der Waals surface area contributed by atoms with Gasteiger partial charge in [-0.2, -0.15) is 0 Å². The number of rotatable bonds is 5. The van der Waals surface area contributed by atoms with E-state index in [0.29, 0.717) is 52.7 Å². The third kappa shape index (κ3) is 5.39. The molecule has 6 nitrogen and oxygen atoms in total. The van der Waals surface area contributed by atoms with E-state index in [4.69, 9.17) is 39.5 Å². The summed E-state index contributed by atoms with van der Waals surface area (Å²) in [6.07, 6.45) is 0. The summed E-state index contributed by atoms with van der Waals surface area (Å²) in [5.74, 6) is 1.28. The molecule has 160 valence electrons. The molecule has 0 N–H and O–H groups in total. The van der Waals surface area contributed by atoms with Crippen molar-refractivity contribution in [2.45, 2.75) is 0 Å². The molecule has 1 fully saturated rings. The average molecular weight is 478 g/mol. The number of hydrogen-bond donors (Lipinski definition) is 0. The number of anilines is 1. The van der Waals surface area contributed by atoms with E-state index in [9.17, 15) is 4.79 Å². The van der Waals surface area contributed by atoms with E-state index in [1.165, 1.54) is 0 Å². The van der Waals surface area contributed by atoms with Crippen LogP contribution in [-0.4, -0.2) is 53.8 Å². The SMILES string of the molecule is O=C(COc1cccc(Cl)c1)N1CCN(c2ccc(-c3ccc(Cl)cc3Cl)nn2)CC1. The maximum absolute atomic E-state index is 12.5. The van der Waals surface area contributed by atoms with Crippen LogP contribution >= 0.6 is 34.8 Å². The normalized spacial score (nSPS) is 13.9. The minimum atomic E-state index is -0.0570. The van der Waals surface area contributed by atoms with Crippen LogP contribution in [-0.2, 0) is 4.79 Å². The molecule has 0 atom stereocenters. The van der Waals surface area contributed by atoms with Crippen LogP contribution in [0.1, 0.15) is 0 Å². The number of carbonyl (C=O) groups is 1. The Balaban J connectivity index is 1.31. The largest absolute Gasteiger partial charge is 0.484 e. The highest BCUT2D eigenvalue weighted by atomic mass is 35.5. The minimum Gasteiger partial charge on any atom is -0.484 e. The molecule has 1 amide bonds. The van der Waals surface area contributed by atoms with Gasteiger partial charge in [-0.15, -0.1) is 10.2 Å². The van der Waals surface area contributed by atoms with Gasteiger partial charge in [0.1, 0.15) is 5.75 Å². The number of hydrogen-bond acceptors (Lipinski definition) is 5. The summed E-state index contributed by atoms with van der Waals surface area (Å²) in [4.78, 5) is 16.3. The van der Waals surface area contributed by atoms with Gasteiger partial charge in [0, 0.05) is 41.8 Å². The van der Waals surface area contributed by atoms with E-state index in [1.54, 1.807) is 41.3 Å². The second-order valence-electron chi connectivity index (χ2n) is 7.01. The number of amides is 1. The maximum Gasteiger partial charge on any atom is 0.260 e. The summed E-state index contributed by atoms with van der Waals surface area (Å²) in [7, 11) is 0. The number of nitrogens with zero attached hydrogens (tertiary/aromatic N) is 4. The maximum atomic E-state index is 12.5. The number of ether oxygens (including phenoxy) is 1. The molecule has 0 aliphatic carbocycles. The summed E-state index contributed by atoms with van der Waals surface area (Å²) in [6, 6.07) is 16.1. The summed E-state index contributed by atoms with van der Waals surface area (Å²) in [5, 5.41) is 10.3. The average Bonchev–Trinajstić information content (AvgIpc) is 2.78. The third-order valence-electron chi connectivity index (χ3n) is 4.97. The molecule has 1 aliphatic rings. The number of benzene rings is 2. The molecule has 3 aromatic rings. The molecule has 2 aromatic carbocycles. The van der Waals surface area contributed by atoms with Gasteiger partial charge in [0.2, 0.25) is 0 Å². The monoisotopic (exact) mass is 476 g/mol. The highest BCUT2D eigenvalue weighted by Gasteiger charge is 2.22. The molecule has 31 heavy (non-hydrogen) atoms. The molecule has 0 saturated carbocycles. The molecule has 0 spiro atoms. The molecular weight excluding hydrogens is 459 g/mol. The Morgan fingerprint density at radius 2 is 1.68 bits per heavy atom. The molecule has 1 aromatic heterocycles. The van der Waals surface area contributed by atoms with Crippen molar-refractivity contribution in [3.05, 3.63) is 69.7 Å². The van der Waals surface area contributed by atoms with Gasteiger partial charge in [-0.05, 0) is 48.5 Å². The summed E-state index contributed by atoms with van der Waals surface area (Å²) in [6.45, 7) is 2.49. The Morgan fingerprint density at radius 3 is 2.35 bits per heavy atom. The fourth-order valence-electron chi connectivity index (χ4n) is 3.31. The lowest BCUT2D eigenvalue weighted by molar-refractivity contribution is -0.133. The zero-order valence-corrected chi connectivity index (χ0v) is 18.7. The summed E-state index contributed by atoms with van der Waals surface area (Å²) >= 11 is 18.1. The van der Waals surface area contributed by atoms with E-state index in [1.807, 2.05) is 18.2 Å². The highest BCUT2D eigenvalue weighted by molar-refractivity contribution is 6.36. The van der Waals surface area contributed by atoms with Gasteiger partial charge in [0.15, 0.2) is 12.4 Å². The molecular formula is C22H19Cl3N4O2. The van der Waals surface area contributed by atoms with Crippen LogP contribution in [0.2, 0.25) is 15.1 Å². The zero-order valence-electron chi connectivity index (χ0n) is 16.5. The van der Waals surface area contributed by atoms with Crippen molar-refractivity contribution >= 4 is 46.5 Å². The fraction of sp³-hybridized carbons (Fsp3) is 0.227. The number of halogens is 3. The van der Waals surface area contributed by atoms with Crippen LogP contribution in [0.25, 0.3) is 11.3 Å². The van der Waals surface area contributed by atoms with Crippen LogP contribution in [0.4, 0.5) is 5.82 Å². The molecule has 9 heteroatoms. The Bertz CT molecular complexity index is 1070. The topological polar surface area (TPSA) is 58.6 Å². The molecule has 1 aliphatic heterocycles. The van der Waals surface area contributed by atoms with Crippen LogP contribution in [0.5, 0.6) is 5.75 Å². The number of aromatic nitrogens is 2. The van der Waals surface area contributed by atoms with Crippen molar-refractivity contribution in [1.82, 2.24) is 15.1 Å². The second kappa shape index (κ2) is 9.73. The number of piperazine rings is 1. The van der Waals surface area contributed by atoms with Crippen LogP contribution in [0, 0.1) is 0 Å². The molecule has 0 radical (unpaired) electrons. The molecule has 0 unspecified atom stereocenters. The molecule has 0 bridgehead atoms. The van der Waals surface area contributed by atoms with Gasteiger partial charge in [0.25, 0.3) is 5.91 Å². The smallest absolute Gasteiger partial charge is 0.260 e. The van der Waals surface area contributed by atoms with E-state index in [2.05, 4.69) is 15.1 Å². The first-order chi connectivity index (χ1) is 15.0. The van der Waals surface area contributed by atoms with Crippen molar-refractivity contribution in [1.29, 1.82) is 0 Å². The van der Waals surface area contributed by atoms with E-state index in [0.717, 1.165) is 11.4 Å². The van der Waals surface area contributed by atoms with E-state index in [-0.39, 0.29) is 12.5 Å². The van der Waals surface area contributed by atoms with Crippen LogP contribution in [0.15, 0.2) is 54.6 Å². The van der Waals surface area contributed by atoms with Gasteiger partial charge in [-0.25, -0.2) is 0 Å². The Kier molecular flexibility index (Phi) is 6.80. The Morgan fingerprint density at radius 1 is 0.903 bits per heavy atom. The van der Waals surface area contributed by atoms with E-state index >= 15 is 0 Å². The van der Waals surface area contributed by atoms with Gasteiger partial charge in [-0.1, -0.05) is 40.9 Å².